The van der Waals surface area contributed by atoms with Crippen LogP contribution in [-0.2, 0) is 27.9 Å². The van der Waals surface area contributed by atoms with Crippen LogP contribution in [0, 0.1) is 6.92 Å². The van der Waals surface area contributed by atoms with E-state index in [-0.39, 0.29) is 70.9 Å². The van der Waals surface area contributed by atoms with Gasteiger partial charge >= 0.3 is 6.18 Å². The molecule has 5 aromatic rings. The Kier molecular flexibility index (Phi) is 9.36. The second kappa shape index (κ2) is 14.0. The highest BCUT2D eigenvalue weighted by Gasteiger charge is 2.51. The van der Waals surface area contributed by atoms with Gasteiger partial charge in [0.2, 0.25) is 11.7 Å². The molecule has 6 heterocycles. The number of anilines is 1. The average molecular weight is 792 g/mol. The second-order valence-electron chi connectivity index (χ2n) is 14.5. The van der Waals surface area contributed by atoms with Crippen LogP contribution in [0.2, 0.25) is 5.02 Å². The molecule has 0 aliphatic carbocycles. The molecule has 2 amide bonds. The summed E-state index contributed by atoms with van der Waals surface area (Å²) in [4.78, 5) is 58.2. The van der Waals surface area contributed by atoms with E-state index in [2.05, 4.69) is 32.3 Å². The first kappa shape index (κ1) is 37.5. The summed E-state index contributed by atoms with van der Waals surface area (Å²) in [6.07, 6.45) is -1.58. The lowest BCUT2D eigenvalue weighted by Gasteiger charge is -2.39. The number of amides is 2. The van der Waals surface area contributed by atoms with Crippen molar-refractivity contribution in [3.05, 3.63) is 97.9 Å². The molecule has 2 fully saturated rings. The number of fused-ring (bicyclic) bond motifs is 3. The molecule has 3 aliphatic rings. The summed E-state index contributed by atoms with van der Waals surface area (Å²) in [6.45, 7) is 4.22. The number of hydrogen-bond acceptors (Lipinski definition) is 10. The predicted octanol–water partition coefficient (Wildman–Crippen LogP) is 5.66. The maximum absolute atomic E-state index is 14.6. The first-order valence-electron chi connectivity index (χ1n) is 18.1. The number of likely N-dealkylation sites (tertiary alicyclic amines) is 2. The predicted molar refractivity (Wildman–Crippen MR) is 197 cm³/mol. The number of aromatic hydroxyl groups is 1. The minimum absolute atomic E-state index is 0.0312. The Morgan fingerprint density at radius 1 is 1.09 bits per heavy atom. The summed E-state index contributed by atoms with van der Waals surface area (Å²) in [6, 6.07) is 10.8. The number of nitrogens with one attached hydrogen (secondary N) is 1. The highest BCUT2D eigenvalue weighted by molar-refractivity contribution is 6.33. The number of ether oxygens (including phenoxy) is 1. The van der Waals surface area contributed by atoms with Crippen LogP contribution in [0.1, 0.15) is 83.3 Å². The lowest BCUT2D eigenvalue weighted by molar-refractivity contribution is -0.137. The van der Waals surface area contributed by atoms with Gasteiger partial charge in [-0.05, 0) is 76.9 Å². The number of benzene rings is 2. The first-order chi connectivity index (χ1) is 26.6. The van der Waals surface area contributed by atoms with Crippen molar-refractivity contribution in [2.24, 2.45) is 0 Å². The maximum Gasteiger partial charge on any atom is 0.416 e. The zero-order valence-electron chi connectivity index (χ0n) is 30.6. The zero-order valence-corrected chi connectivity index (χ0v) is 31.4. The number of halogens is 4. The third-order valence-corrected chi connectivity index (χ3v) is 11.4. The van der Waals surface area contributed by atoms with Gasteiger partial charge in [-0.3, -0.25) is 19.3 Å². The smallest absolute Gasteiger partial charge is 0.416 e. The van der Waals surface area contributed by atoms with Crippen molar-refractivity contribution < 1.29 is 32.6 Å². The van der Waals surface area contributed by atoms with Crippen LogP contribution in [0.5, 0.6) is 5.75 Å². The molecule has 3 aromatic heterocycles. The van der Waals surface area contributed by atoms with E-state index < -0.39 is 47.4 Å². The Hall–Kier alpha value is -5.39. The van der Waals surface area contributed by atoms with E-state index in [1.165, 1.54) is 11.2 Å². The van der Waals surface area contributed by atoms with E-state index in [1.54, 1.807) is 18.4 Å². The van der Waals surface area contributed by atoms with Crippen molar-refractivity contribution in [1.82, 2.24) is 38.9 Å². The van der Waals surface area contributed by atoms with Crippen molar-refractivity contribution in [2.75, 3.05) is 32.0 Å². The molecule has 2 N–H and O–H groups in total. The van der Waals surface area contributed by atoms with Gasteiger partial charge in [-0.15, -0.1) is 5.10 Å². The summed E-state index contributed by atoms with van der Waals surface area (Å²) in [5.41, 5.74) is -0.0699. The number of carbonyl (C=O) groups excluding carboxylic acids is 2. The summed E-state index contributed by atoms with van der Waals surface area (Å²) in [5, 5.41) is 17.4. The molecule has 2 unspecified atom stereocenters. The van der Waals surface area contributed by atoms with Gasteiger partial charge in [0.15, 0.2) is 17.3 Å². The van der Waals surface area contributed by atoms with Crippen LogP contribution >= 0.6 is 11.6 Å². The van der Waals surface area contributed by atoms with Crippen molar-refractivity contribution in [2.45, 2.75) is 70.0 Å². The van der Waals surface area contributed by atoms with E-state index in [1.807, 2.05) is 24.3 Å². The van der Waals surface area contributed by atoms with E-state index in [0.717, 1.165) is 47.7 Å². The average Bonchev–Trinajstić information content (AvgIpc) is 3.88. The summed E-state index contributed by atoms with van der Waals surface area (Å²) < 4.78 is 49.2. The molecule has 8 rings (SSSR count). The molecule has 1 spiro atoms. The van der Waals surface area contributed by atoms with Crippen molar-refractivity contribution in [3.63, 3.8) is 0 Å². The van der Waals surface area contributed by atoms with Gasteiger partial charge < -0.3 is 24.6 Å². The molecule has 3 aliphatic heterocycles. The fourth-order valence-corrected chi connectivity index (χ4v) is 8.41. The molecule has 0 saturated carbocycles. The van der Waals surface area contributed by atoms with Gasteiger partial charge in [-0.25, -0.2) is 9.97 Å². The standard InChI is InChI=1S/C38H37ClF3N9O5/c1-20-32(53)30(44-19-43-20)35(55)49-15-12-37(13-16-49)29-31(21(2)56-37)50(18-28(52)45-26-11-10-24(17-25(26)39)38(40,41)42)36-46-33(47-51(36)34(29)54)23-8-6-22(7-9-23)27-5-4-14-48(27)3/h6-11,17,19,21,27,53H,4-5,12-16,18H2,1-3H3,(H,45,52). The van der Waals surface area contributed by atoms with Gasteiger partial charge in [0.05, 0.1) is 39.3 Å². The topological polar surface area (TPSA) is 160 Å². The quantitative estimate of drug-likeness (QED) is 0.220. The summed E-state index contributed by atoms with van der Waals surface area (Å²) in [7, 11) is 2.09. The number of piperidine rings is 1. The third-order valence-electron chi connectivity index (χ3n) is 11.0. The Morgan fingerprint density at radius 2 is 1.82 bits per heavy atom. The SMILES string of the molecule is Cc1ncnc(C(=O)N2CCC3(CC2)OC(C)c2c3c(=O)n3nc(-c4ccc(C5CCCN5C)cc4)nc3n2CC(=O)Nc2ccc(C(F)(F)F)cc2Cl)c1O. The highest BCUT2D eigenvalue weighted by atomic mass is 35.5. The maximum atomic E-state index is 14.6. The lowest BCUT2D eigenvalue weighted by Crippen LogP contribution is -2.47. The Bertz CT molecular complexity index is 2440. The van der Waals surface area contributed by atoms with Crippen molar-refractivity contribution >= 4 is 34.9 Å². The molecule has 56 heavy (non-hydrogen) atoms. The monoisotopic (exact) mass is 791 g/mol. The number of aromatic nitrogens is 6. The molecule has 0 bridgehead atoms. The van der Waals surface area contributed by atoms with E-state index >= 15 is 0 Å². The van der Waals surface area contributed by atoms with Crippen LogP contribution in [0.25, 0.3) is 17.2 Å². The molecule has 2 atom stereocenters. The van der Waals surface area contributed by atoms with Crippen LogP contribution in [0.15, 0.2) is 53.6 Å². The van der Waals surface area contributed by atoms with Gasteiger partial charge in [-0.2, -0.15) is 22.7 Å². The molecule has 0 radical (unpaired) electrons. The van der Waals surface area contributed by atoms with Crippen LogP contribution in [-0.4, -0.2) is 82.5 Å². The Balaban J connectivity index is 1.17. The Morgan fingerprint density at radius 3 is 2.48 bits per heavy atom. The van der Waals surface area contributed by atoms with Crippen molar-refractivity contribution in [3.8, 4) is 17.1 Å². The molecule has 14 nitrogen and oxygen atoms in total. The number of nitrogens with zero attached hydrogens (tertiary/aromatic N) is 8. The highest BCUT2D eigenvalue weighted by Crippen LogP contribution is 2.48. The third kappa shape index (κ3) is 6.46. The number of carbonyl (C=O) groups is 2. The number of rotatable bonds is 6. The molecule has 292 valence electrons. The van der Waals surface area contributed by atoms with Gasteiger partial charge in [0.1, 0.15) is 18.5 Å². The van der Waals surface area contributed by atoms with Crippen molar-refractivity contribution in [1.29, 1.82) is 0 Å². The van der Waals surface area contributed by atoms with Crippen LogP contribution in [0.4, 0.5) is 18.9 Å². The normalized spacial score (nSPS) is 19.5. The largest absolute Gasteiger partial charge is 0.504 e. The molecule has 2 saturated heterocycles. The summed E-state index contributed by atoms with van der Waals surface area (Å²) in [5.74, 6) is -1.14. The minimum Gasteiger partial charge on any atom is -0.504 e. The molecular weight excluding hydrogens is 755 g/mol. The number of aryl methyl sites for hydroxylation is 1. The van der Waals surface area contributed by atoms with Gasteiger partial charge in [0, 0.05) is 24.7 Å². The molecular formula is C38H37ClF3N9O5. The van der Waals surface area contributed by atoms with Crippen LogP contribution < -0.4 is 10.9 Å². The minimum atomic E-state index is -4.63. The lowest BCUT2D eigenvalue weighted by atomic mass is 9.85. The second-order valence-corrected chi connectivity index (χ2v) is 14.9. The molecule has 2 aromatic carbocycles. The number of alkyl halides is 3. The van der Waals surface area contributed by atoms with E-state index in [0.29, 0.717) is 17.3 Å². The van der Waals surface area contributed by atoms with Gasteiger partial charge in [0.25, 0.3) is 11.5 Å². The molecule has 18 heteroatoms. The summed E-state index contributed by atoms with van der Waals surface area (Å²) >= 11 is 6.17. The van der Waals surface area contributed by atoms with Crippen LogP contribution in [0.3, 0.4) is 0 Å². The first-order valence-corrected chi connectivity index (χ1v) is 18.5. The fourth-order valence-electron chi connectivity index (χ4n) is 8.18. The Labute approximate surface area is 322 Å². The van der Waals surface area contributed by atoms with E-state index in [9.17, 15) is 32.7 Å². The number of hydrogen-bond donors (Lipinski definition) is 2. The van der Waals surface area contributed by atoms with E-state index in [4.69, 9.17) is 21.3 Å². The fraction of sp³-hybridized carbons (Fsp3) is 0.395. The zero-order chi connectivity index (χ0) is 39.7. The van der Waals surface area contributed by atoms with Gasteiger partial charge in [-0.1, -0.05) is 35.9 Å².